The lowest BCUT2D eigenvalue weighted by Crippen LogP contribution is -2.43. The number of morpholine rings is 1. The number of hydrogen-bond acceptors (Lipinski definition) is 5. The Hall–Kier alpha value is -1.95. The van der Waals surface area contributed by atoms with Gasteiger partial charge in [0.2, 0.25) is 0 Å². The van der Waals surface area contributed by atoms with Crippen LogP contribution in [0.3, 0.4) is 0 Å². The molecule has 2 atom stereocenters. The van der Waals surface area contributed by atoms with E-state index in [9.17, 15) is 0 Å². The molecule has 0 aromatic heterocycles. The van der Waals surface area contributed by atoms with Crippen molar-refractivity contribution < 1.29 is 18.9 Å². The van der Waals surface area contributed by atoms with Crippen molar-refractivity contribution in [1.29, 1.82) is 0 Å². The van der Waals surface area contributed by atoms with Gasteiger partial charge in [-0.3, -0.25) is 0 Å². The molecule has 0 unspecified atom stereocenters. The fourth-order valence-electron chi connectivity index (χ4n) is 2.83. The zero-order chi connectivity index (χ0) is 17.6. The number of nitrogens with one attached hydrogen (secondary N) is 1. The van der Waals surface area contributed by atoms with E-state index in [0.717, 1.165) is 17.9 Å². The molecule has 0 saturated carbocycles. The molecular formula is C19H22ClNO4. The van der Waals surface area contributed by atoms with E-state index < -0.39 is 0 Å². The van der Waals surface area contributed by atoms with Gasteiger partial charge in [0.1, 0.15) is 11.9 Å². The molecule has 0 amide bonds. The van der Waals surface area contributed by atoms with Gasteiger partial charge < -0.3 is 24.3 Å². The fraction of sp³-hybridized carbons (Fsp3) is 0.368. The highest BCUT2D eigenvalue weighted by molar-refractivity contribution is 6.30. The SMILES string of the molecule is COc1cccc([C@H](Oc2ccc(Cl)cc2OC)[C@@H]2CNCCO2)c1. The van der Waals surface area contributed by atoms with E-state index in [4.69, 9.17) is 30.5 Å². The summed E-state index contributed by atoms with van der Waals surface area (Å²) in [4.78, 5) is 0. The third-order valence-corrected chi connectivity index (χ3v) is 4.33. The van der Waals surface area contributed by atoms with Gasteiger partial charge in [-0.2, -0.15) is 0 Å². The first-order chi connectivity index (χ1) is 12.2. The second kappa shape index (κ2) is 8.43. The summed E-state index contributed by atoms with van der Waals surface area (Å²) in [5.74, 6) is 1.98. The Morgan fingerprint density at radius 3 is 2.72 bits per heavy atom. The monoisotopic (exact) mass is 363 g/mol. The van der Waals surface area contributed by atoms with Crippen molar-refractivity contribution in [2.45, 2.75) is 12.2 Å². The van der Waals surface area contributed by atoms with Gasteiger partial charge in [0, 0.05) is 24.2 Å². The molecule has 1 aliphatic heterocycles. The second-order valence-electron chi connectivity index (χ2n) is 5.72. The second-order valence-corrected chi connectivity index (χ2v) is 6.16. The third kappa shape index (κ3) is 4.37. The highest BCUT2D eigenvalue weighted by Crippen LogP contribution is 2.36. The largest absolute Gasteiger partial charge is 0.497 e. The van der Waals surface area contributed by atoms with E-state index in [1.54, 1.807) is 26.4 Å². The van der Waals surface area contributed by atoms with Crippen LogP contribution in [-0.4, -0.2) is 40.0 Å². The van der Waals surface area contributed by atoms with Crippen LogP contribution in [0.4, 0.5) is 0 Å². The Labute approximate surface area is 152 Å². The Balaban J connectivity index is 1.93. The first-order valence-corrected chi connectivity index (χ1v) is 8.55. The number of ether oxygens (including phenoxy) is 4. The number of hydrogen-bond donors (Lipinski definition) is 1. The topological polar surface area (TPSA) is 49.0 Å². The van der Waals surface area contributed by atoms with Crippen LogP contribution in [0.15, 0.2) is 42.5 Å². The van der Waals surface area contributed by atoms with Crippen molar-refractivity contribution in [2.24, 2.45) is 0 Å². The summed E-state index contributed by atoms with van der Waals surface area (Å²) in [6.45, 7) is 2.19. The van der Waals surface area contributed by atoms with Crippen molar-refractivity contribution in [2.75, 3.05) is 33.9 Å². The van der Waals surface area contributed by atoms with Gasteiger partial charge in [-0.15, -0.1) is 0 Å². The average molecular weight is 364 g/mol. The van der Waals surface area contributed by atoms with E-state index >= 15 is 0 Å². The van der Waals surface area contributed by atoms with Crippen molar-refractivity contribution in [3.63, 3.8) is 0 Å². The van der Waals surface area contributed by atoms with E-state index in [1.165, 1.54) is 0 Å². The van der Waals surface area contributed by atoms with Crippen LogP contribution in [0.25, 0.3) is 0 Å². The van der Waals surface area contributed by atoms with Gasteiger partial charge in [-0.05, 0) is 29.8 Å². The van der Waals surface area contributed by atoms with Crippen LogP contribution < -0.4 is 19.5 Å². The Kier molecular flexibility index (Phi) is 6.02. The molecule has 6 heteroatoms. The summed E-state index contributed by atoms with van der Waals surface area (Å²) >= 11 is 6.05. The Morgan fingerprint density at radius 2 is 2.00 bits per heavy atom. The summed E-state index contributed by atoms with van der Waals surface area (Å²) in [6.07, 6.45) is -0.431. The van der Waals surface area contributed by atoms with Crippen LogP contribution in [0, 0.1) is 0 Å². The summed E-state index contributed by atoms with van der Waals surface area (Å²) in [7, 11) is 3.24. The first kappa shape index (κ1) is 17.9. The number of rotatable bonds is 6. The molecule has 0 spiro atoms. The molecule has 0 radical (unpaired) electrons. The van der Waals surface area contributed by atoms with Crippen LogP contribution in [0.1, 0.15) is 11.7 Å². The lowest BCUT2D eigenvalue weighted by atomic mass is 10.0. The standard InChI is InChI=1S/C19H22ClNO4/c1-22-15-5-3-4-13(10-15)19(18-12-21-8-9-24-18)25-16-7-6-14(20)11-17(16)23-2/h3-7,10-11,18-19,21H,8-9,12H2,1-2H3/t18-,19-/m0/s1. The maximum atomic E-state index is 6.31. The minimum Gasteiger partial charge on any atom is -0.497 e. The zero-order valence-electron chi connectivity index (χ0n) is 14.3. The molecule has 2 aromatic rings. The van der Waals surface area contributed by atoms with E-state index in [2.05, 4.69) is 5.32 Å². The molecule has 3 rings (SSSR count). The highest BCUT2D eigenvalue weighted by atomic mass is 35.5. The maximum absolute atomic E-state index is 6.31. The van der Waals surface area contributed by atoms with E-state index in [1.807, 2.05) is 30.3 Å². The summed E-state index contributed by atoms with van der Waals surface area (Å²) in [5.41, 5.74) is 0.977. The first-order valence-electron chi connectivity index (χ1n) is 8.17. The fourth-order valence-corrected chi connectivity index (χ4v) is 2.99. The predicted molar refractivity (Wildman–Crippen MR) is 97.0 cm³/mol. The van der Waals surface area contributed by atoms with Gasteiger partial charge in [0.25, 0.3) is 0 Å². The lowest BCUT2D eigenvalue weighted by molar-refractivity contribution is -0.0438. The van der Waals surface area contributed by atoms with Gasteiger partial charge in [0.15, 0.2) is 17.6 Å². The highest BCUT2D eigenvalue weighted by Gasteiger charge is 2.29. The van der Waals surface area contributed by atoms with Crippen LogP contribution in [-0.2, 0) is 4.74 Å². The molecular weight excluding hydrogens is 342 g/mol. The average Bonchev–Trinajstić information content (AvgIpc) is 2.67. The summed E-state index contributed by atoms with van der Waals surface area (Å²) in [5, 5.41) is 3.94. The van der Waals surface area contributed by atoms with E-state index in [-0.39, 0.29) is 12.2 Å². The molecule has 134 valence electrons. The van der Waals surface area contributed by atoms with Crippen LogP contribution >= 0.6 is 11.6 Å². The molecule has 1 saturated heterocycles. The molecule has 1 fully saturated rings. The molecule has 1 heterocycles. The van der Waals surface area contributed by atoms with Gasteiger partial charge >= 0.3 is 0 Å². The van der Waals surface area contributed by atoms with Crippen LogP contribution in [0.2, 0.25) is 5.02 Å². The molecule has 5 nitrogen and oxygen atoms in total. The lowest BCUT2D eigenvalue weighted by Gasteiger charge is -2.32. The van der Waals surface area contributed by atoms with E-state index in [0.29, 0.717) is 29.7 Å². The minimum atomic E-state index is -0.307. The predicted octanol–water partition coefficient (Wildman–Crippen LogP) is 3.47. The molecule has 1 N–H and O–H groups in total. The molecule has 0 bridgehead atoms. The third-order valence-electron chi connectivity index (χ3n) is 4.10. The molecule has 0 aliphatic carbocycles. The summed E-state index contributed by atoms with van der Waals surface area (Å²) < 4.78 is 23.0. The maximum Gasteiger partial charge on any atom is 0.162 e. The van der Waals surface area contributed by atoms with Gasteiger partial charge in [0.05, 0.1) is 20.8 Å². The molecule has 25 heavy (non-hydrogen) atoms. The van der Waals surface area contributed by atoms with Gasteiger partial charge in [-0.25, -0.2) is 0 Å². The molecule has 1 aliphatic rings. The van der Waals surface area contributed by atoms with Gasteiger partial charge in [-0.1, -0.05) is 23.7 Å². The Morgan fingerprint density at radius 1 is 1.12 bits per heavy atom. The number of methoxy groups -OCH3 is 2. The van der Waals surface area contributed by atoms with Crippen molar-refractivity contribution in [3.8, 4) is 17.2 Å². The Bertz CT molecular complexity index is 704. The zero-order valence-corrected chi connectivity index (χ0v) is 15.1. The van der Waals surface area contributed by atoms with Crippen molar-refractivity contribution in [3.05, 3.63) is 53.1 Å². The number of halogens is 1. The smallest absolute Gasteiger partial charge is 0.162 e. The summed E-state index contributed by atoms with van der Waals surface area (Å²) in [6, 6.07) is 13.1. The van der Waals surface area contributed by atoms with Crippen LogP contribution in [0.5, 0.6) is 17.2 Å². The van der Waals surface area contributed by atoms with Crippen molar-refractivity contribution >= 4 is 11.6 Å². The quantitative estimate of drug-likeness (QED) is 0.851. The minimum absolute atomic E-state index is 0.124. The number of benzene rings is 2. The normalized spacial score (nSPS) is 18.4. The molecule has 2 aromatic carbocycles. The van der Waals surface area contributed by atoms with Crippen molar-refractivity contribution in [1.82, 2.24) is 5.32 Å².